The summed E-state index contributed by atoms with van der Waals surface area (Å²) in [6.07, 6.45) is 0.202. The molecule has 0 aliphatic heterocycles. The van der Waals surface area contributed by atoms with Gasteiger partial charge in [0.05, 0.1) is 0 Å². The highest BCUT2D eigenvalue weighted by Gasteiger charge is 2.32. The molecule has 8 heteroatoms. The third kappa shape index (κ3) is 4.55. The number of halogens is 2. The molecule has 0 radical (unpaired) electrons. The van der Waals surface area contributed by atoms with Crippen molar-refractivity contribution in [3.8, 4) is 0 Å². The Balaban J connectivity index is 2.16. The molecule has 1 N–H and O–H groups in total. The maximum absolute atomic E-state index is 11.9. The average Bonchev–Trinajstić information content (AvgIpc) is 3.16. The van der Waals surface area contributed by atoms with Crippen molar-refractivity contribution in [2.24, 2.45) is 0 Å². The van der Waals surface area contributed by atoms with E-state index in [-0.39, 0.29) is 6.04 Å². The van der Waals surface area contributed by atoms with Crippen LogP contribution in [0.4, 0.5) is 0 Å². The van der Waals surface area contributed by atoms with E-state index in [1.807, 2.05) is 0 Å². The highest BCUT2D eigenvalue weighted by molar-refractivity contribution is 7.84. The SMILES string of the molecule is CO[C@H](c1c(Cl)cccc1Cl)[C@@H](C)OS(=O)(=O)NC1CC1. The third-order valence-electron chi connectivity index (χ3n) is 3.13. The van der Waals surface area contributed by atoms with Gasteiger partial charge in [0.2, 0.25) is 0 Å². The first-order valence-corrected chi connectivity index (χ1v) is 8.67. The zero-order valence-electron chi connectivity index (χ0n) is 11.7. The molecule has 0 saturated heterocycles. The van der Waals surface area contributed by atoms with Crippen LogP contribution in [0.15, 0.2) is 18.2 Å². The van der Waals surface area contributed by atoms with Crippen molar-refractivity contribution in [2.45, 2.75) is 38.0 Å². The summed E-state index contributed by atoms with van der Waals surface area (Å²) in [5.74, 6) is 0. The van der Waals surface area contributed by atoms with Crippen LogP contribution in [0, 0.1) is 0 Å². The Hall–Kier alpha value is -0.370. The number of ether oxygens (including phenoxy) is 1. The highest BCUT2D eigenvalue weighted by Crippen LogP contribution is 2.35. The summed E-state index contributed by atoms with van der Waals surface area (Å²) in [7, 11) is -2.37. The van der Waals surface area contributed by atoms with Crippen molar-refractivity contribution in [1.29, 1.82) is 0 Å². The minimum absolute atomic E-state index is 0.0212. The smallest absolute Gasteiger partial charge is 0.336 e. The van der Waals surface area contributed by atoms with Gasteiger partial charge in [0.25, 0.3) is 0 Å². The van der Waals surface area contributed by atoms with Gasteiger partial charge in [-0.1, -0.05) is 29.3 Å². The first-order chi connectivity index (χ1) is 9.84. The quantitative estimate of drug-likeness (QED) is 0.817. The van der Waals surface area contributed by atoms with Crippen molar-refractivity contribution in [2.75, 3.05) is 7.11 Å². The topological polar surface area (TPSA) is 64.6 Å². The molecule has 2 atom stereocenters. The molecule has 0 unspecified atom stereocenters. The van der Waals surface area contributed by atoms with E-state index in [0.717, 1.165) is 12.8 Å². The third-order valence-corrected chi connectivity index (χ3v) is 4.97. The minimum atomic E-state index is -3.82. The maximum Gasteiger partial charge on any atom is 0.336 e. The van der Waals surface area contributed by atoms with Gasteiger partial charge in [-0.25, -0.2) is 0 Å². The molecule has 1 saturated carbocycles. The van der Waals surface area contributed by atoms with Gasteiger partial charge in [-0.3, -0.25) is 4.18 Å². The second kappa shape index (κ2) is 6.81. The first kappa shape index (κ1) is 17.0. The summed E-state index contributed by atoms with van der Waals surface area (Å²) in [6.45, 7) is 1.60. The fraction of sp³-hybridized carbons (Fsp3) is 0.538. The number of hydrogen-bond acceptors (Lipinski definition) is 4. The predicted molar refractivity (Wildman–Crippen MR) is 81.8 cm³/mol. The standard InChI is InChI=1S/C13H17Cl2NO4S/c1-8(20-21(17,18)16-9-6-7-9)13(19-2)12-10(14)4-3-5-11(12)15/h3-5,8-9,13,16H,6-7H2,1-2H3/t8-,13+/m1/s1. The van der Waals surface area contributed by atoms with Crippen molar-refractivity contribution >= 4 is 33.5 Å². The molecule has 1 aliphatic carbocycles. The van der Waals surface area contributed by atoms with E-state index in [4.69, 9.17) is 32.1 Å². The first-order valence-electron chi connectivity index (χ1n) is 6.51. The summed E-state index contributed by atoms with van der Waals surface area (Å²) >= 11 is 12.3. The molecule has 1 fully saturated rings. The van der Waals surface area contributed by atoms with Crippen molar-refractivity contribution in [1.82, 2.24) is 4.72 Å². The Morgan fingerprint density at radius 2 is 1.86 bits per heavy atom. The van der Waals surface area contributed by atoms with Crippen LogP contribution in [0.25, 0.3) is 0 Å². The molecule has 1 aliphatic rings. The number of rotatable bonds is 7. The van der Waals surface area contributed by atoms with Crippen molar-refractivity contribution in [3.63, 3.8) is 0 Å². The zero-order chi connectivity index (χ0) is 15.6. The van der Waals surface area contributed by atoms with Gasteiger partial charge in [-0.05, 0) is 31.9 Å². The summed E-state index contributed by atoms with van der Waals surface area (Å²) in [5.41, 5.74) is 0.512. The van der Waals surface area contributed by atoms with Crippen LogP contribution in [-0.2, 0) is 19.2 Å². The number of hydrogen-bond donors (Lipinski definition) is 1. The van der Waals surface area contributed by atoms with Crippen LogP contribution in [-0.4, -0.2) is 27.7 Å². The Kier molecular flexibility index (Phi) is 5.51. The average molecular weight is 354 g/mol. The van der Waals surface area contributed by atoms with E-state index < -0.39 is 22.5 Å². The maximum atomic E-state index is 11.9. The van der Waals surface area contributed by atoms with Crippen LogP contribution >= 0.6 is 23.2 Å². The molecule has 0 heterocycles. The van der Waals surface area contributed by atoms with Crippen LogP contribution in [0.1, 0.15) is 31.4 Å². The fourth-order valence-electron chi connectivity index (χ4n) is 2.01. The van der Waals surface area contributed by atoms with Crippen LogP contribution in [0.2, 0.25) is 10.0 Å². The molecule has 0 bridgehead atoms. The molecule has 2 rings (SSSR count). The van der Waals surface area contributed by atoms with Crippen LogP contribution in [0.3, 0.4) is 0 Å². The van der Waals surface area contributed by atoms with E-state index in [1.165, 1.54) is 7.11 Å². The van der Waals surface area contributed by atoms with E-state index in [9.17, 15) is 8.42 Å². The summed E-state index contributed by atoms with van der Waals surface area (Å²) < 4.78 is 36.6. The number of benzene rings is 1. The fourth-order valence-corrected chi connectivity index (χ4v) is 3.82. The summed E-state index contributed by atoms with van der Waals surface area (Å²) in [5, 5.41) is 0.801. The van der Waals surface area contributed by atoms with Gasteiger partial charge < -0.3 is 4.74 Å². The molecule has 1 aromatic rings. The van der Waals surface area contributed by atoms with E-state index in [1.54, 1.807) is 25.1 Å². The van der Waals surface area contributed by atoms with Gasteiger partial charge in [0.15, 0.2) is 0 Å². The predicted octanol–water partition coefficient (Wildman–Crippen LogP) is 3.08. The van der Waals surface area contributed by atoms with Gasteiger partial charge in [-0.15, -0.1) is 0 Å². The lowest BCUT2D eigenvalue weighted by Gasteiger charge is -2.24. The second-order valence-corrected chi connectivity index (χ2v) is 7.09. The molecule has 1 aromatic carbocycles. The van der Waals surface area contributed by atoms with Crippen molar-refractivity contribution in [3.05, 3.63) is 33.8 Å². The van der Waals surface area contributed by atoms with Gasteiger partial charge in [0.1, 0.15) is 12.2 Å². The Labute approximate surface area is 134 Å². The van der Waals surface area contributed by atoms with Gasteiger partial charge in [-0.2, -0.15) is 13.1 Å². The molecule has 118 valence electrons. The second-order valence-electron chi connectivity index (χ2n) is 4.94. The van der Waals surface area contributed by atoms with Crippen molar-refractivity contribution < 1.29 is 17.3 Å². The molecule has 0 aromatic heterocycles. The van der Waals surface area contributed by atoms with E-state index in [2.05, 4.69) is 4.72 Å². The zero-order valence-corrected chi connectivity index (χ0v) is 14.0. The minimum Gasteiger partial charge on any atom is -0.374 e. The molecule has 0 spiro atoms. The van der Waals surface area contributed by atoms with E-state index in [0.29, 0.717) is 15.6 Å². The summed E-state index contributed by atoms with van der Waals surface area (Å²) in [4.78, 5) is 0. The monoisotopic (exact) mass is 353 g/mol. The number of nitrogens with one attached hydrogen (secondary N) is 1. The molecule has 21 heavy (non-hydrogen) atoms. The van der Waals surface area contributed by atoms with Gasteiger partial charge in [0, 0.05) is 28.8 Å². The highest BCUT2D eigenvalue weighted by atomic mass is 35.5. The molecular formula is C13H17Cl2NO4S. The Morgan fingerprint density at radius 3 is 2.33 bits per heavy atom. The van der Waals surface area contributed by atoms with E-state index >= 15 is 0 Å². The normalized spacial score (nSPS) is 18.5. The Morgan fingerprint density at radius 1 is 1.29 bits per heavy atom. The van der Waals surface area contributed by atoms with Gasteiger partial charge >= 0.3 is 10.3 Å². The lowest BCUT2D eigenvalue weighted by Crippen LogP contribution is -2.33. The lowest BCUT2D eigenvalue weighted by molar-refractivity contribution is 0.0119. The summed E-state index contributed by atoms with van der Waals surface area (Å²) in [6, 6.07) is 5.02. The van der Waals surface area contributed by atoms with Crippen LogP contribution < -0.4 is 4.72 Å². The Bertz CT molecular complexity index is 584. The number of methoxy groups -OCH3 is 1. The largest absolute Gasteiger partial charge is 0.374 e. The molecule has 5 nitrogen and oxygen atoms in total. The van der Waals surface area contributed by atoms with Crippen LogP contribution in [0.5, 0.6) is 0 Å². The molecular weight excluding hydrogens is 337 g/mol. The molecule has 0 amide bonds. The lowest BCUT2D eigenvalue weighted by atomic mass is 10.1.